The van der Waals surface area contributed by atoms with Gasteiger partial charge >= 0.3 is 0 Å². The van der Waals surface area contributed by atoms with Crippen LogP contribution >= 0.6 is 0 Å². The van der Waals surface area contributed by atoms with E-state index in [2.05, 4.69) is 6.07 Å². The number of benzene rings is 1. The van der Waals surface area contributed by atoms with Crippen molar-refractivity contribution < 1.29 is 9.47 Å². The molecular weight excluding hydrogens is 226 g/mol. The predicted molar refractivity (Wildman–Crippen MR) is 73.4 cm³/mol. The van der Waals surface area contributed by atoms with Crippen molar-refractivity contribution in [2.24, 2.45) is 5.73 Å². The molecule has 0 aliphatic heterocycles. The standard InChI is InChI=1S/C15H23NO2/c1-17-12-6-7-13(14(10-12)18-2)15(11-16)8-4-3-5-9-15/h6-7,10H,3-5,8-9,11,16H2,1-2H3. The first kappa shape index (κ1) is 13.2. The summed E-state index contributed by atoms with van der Waals surface area (Å²) in [4.78, 5) is 0. The Morgan fingerprint density at radius 2 is 1.83 bits per heavy atom. The molecule has 18 heavy (non-hydrogen) atoms. The predicted octanol–water partition coefficient (Wildman–Crippen LogP) is 2.86. The molecule has 0 bridgehead atoms. The molecule has 0 atom stereocenters. The number of ether oxygens (including phenoxy) is 2. The summed E-state index contributed by atoms with van der Waals surface area (Å²) in [5.74, 6) is 1.74. The normalized spacial score (nSPS) is 18.4. The summed E-state index contributed by atoms with van der Waals surface area (Å²) < 4.78 is 10.8. The SMILES string of the molecule is COc1ccc(C2(CN)CCCCC2)c(OC)c1. The Labute approximate surface area is 109 Å². The molecule has 1 aromatic carbocycles. The summed E-state index contributed by atoms with van der Waals surface area (Å²) in [6.07, 6.45) is 6.15. The number of rotatable bonds is 4. The summed E-state index contributed by atoms with van der Waals surface area (Å²) in [7, 11) is 3.39. The maximum Gasteiger partial charge on any atom is 0.126 e. The molecule has 3 nitrogen and oxygen atoms in total. The van der Waals surface area contributed by atoms with Crippen LogP contribution in [0.5, 0.6) is 11.5 Å². The first-order valence-electron chi connectivity index (χ1n) is 6.68. The Hall–Kier alpha value is -1.22. The highest BCUT2D eigenvalue weighted by Crippen LogP contribution is 2.43. The van der Waals surface area contributed by atoms with Crippen LogP contribution in [-0.4, -0.2) is 20.8 Å². The van der Waals surface area contributed by atoms with Crippen LogP contribution in [0.4, 0.5) is 0 Å². The summed E-state index contributed by atoms with van der Waals surface area (Å²) in [6.45, 7) is 0.690. The Kier molecular flexibility index (Phi) is 4.12. The fourth-order valence-electron chi connectivity index (χ4n) is 3.05. The average molecular weight is 249 g/mol. The van der Waals surface area contributed by atoms with Gasteiger partial charge in [-0.15, -0.1) is 0 Å². The Balaban J connectivity index is 2.40. The van der Waals surface area contributed by atoms with Crippen molar-refractivity contribution in [3.8, 4) is 11.5 Å². The van der Waals surface area contributed by atoms with E-state index in [0.29, 0.717) is 6.54 Å². The van der Waals surface area contributed by atoms with Gasteiger partial charge in [-0.05, 0) is 18.9 Å². The van der Waals surface area contributed by atoms with Crippen LogP contribution in [0.3, 0.4) is 0 Å². The largest absolute Gasteiger partial charge is 0.497 e. The lowest BCUT2D eigenvalue weighted by Crippen LogP contribution is -2.37. The highest BCUT2D eigenvalue weighted by molar-refractivity contribution is 5.45. The Morgan fingerprint density at radius 3 is 2.39 bits per heavy atom. The third kappa shape index (κ3) is 2.32. The lowest BCUT2D eigenvalue weighted by Gasteiger charge is -2.37. The van der Waals surface area contributed by atoms with Gasteiger partial charge in [0.05, 0.1) is 14.2 Å². The molecule has 2 rings (SSSR count). The van der Waals surface area contributed by atoms with Crippen molar-refractivity contribution >= 4 is 0 Å². The van der Waals surface area contributed by atoms with E-state index in [-0.39, 0.29) is 5.41 Å². The van der Waals surface area contributed by atoms with Crippen LogP contribution in [0, 0.1) is 0 Å². The summed E-state index contributed by atoms with van der Waals surface area (Å²) >= 11 is 0. The van der Waals surface area contributed by atoms with Crippen LogP contribution in [0.1, 0.15) is 37.7 Å². The van der Waals surface area contributed by atoms with Gasteiger partial charge in [0.15, 0.2) is 0 Å². The molecule has 1 aromatic rings. The van der Waals surface area contributed by atoms with Gasteiger partial charge in [0.1, 0.15) is 11.5 Å². The van der Waals surface area contributed by atoms with Crippen LogP contribution in [-0.2, 0) is 5.41 Å². The highest BCUT2D eigenvalue weighted by atomic mass is 16.5. The number of methoxy groups -OCH3 is 2. The first-order valence-corrected chi connectivity index (χ1v) is 6.68. The number of nitrogens with two attached hydrogens (primary N) is 1. The molecule has 2 N–H and O–H groups in total. The lowest BCUT2D eigenvalue weighted by atomic mass is 9.69. The Morgan fingerprint density at radius 1 is 1.11 bits per heavy atom. The Bertz CT molecular complexity index is 397. The van der Waals surface area contributed by atoms with E-state index in [1.165, 1.54) is 24.8 Å². The van der Waals surface area contributed by atoms with E-state index in [9.17, 15) is 0 Å². The van der Waals surface area contributed by atoms with Gasteiger partial charge < -0.3 is 15.2 Å². The fourth-order valence-corrected chi connectivity index (χ4v) is 3.05. The van der Waals surface area contributed by atoms with Gasteiger partial charge in [-0.2, -0.15) is 0 Å². The molecule has 0 aromatic heterocycles. The molecule has 0 unspecified atom stereocenters. The van der Waals surface area contributed by atoms with Gasteiger partial charge in [0.2, 0.25) is 0 Å². The van der Waals surface area contributed by atoms with Crippen molar-refractivity contribution in [2.75, 3.05) is 20.8 Å². The maximum absolute atomic E-state index is 6.08. The second kappa shape index (κ2) is 5.61. The van der Waals surface area contributed by atoms with Crippen molar-refractivity contribution in [3.05, 3.63) is 23.8 Å². The van der Waals surface area contributed by atoms with Crippen molar-refractivity contribution in [1.29, 1.82) is 0 Å². The molecule has 3 heteroatoms. The molecule has 0 spiro atoms. The number of hydrogen-bond donors (Lipinski definition) is 1. The van der Waals surface area contributed by atoms with Crippen LogP contribution < -0.4 is 15.2 Å². The van der Waals surface area contributed by atoms with E-state index < -0.39 is 0 Å². The van der Waals surface area contributed by atoms with E-state index in [4.69, 9.17) is 15.2 Å². The molecule has 1 saturated carbocycles. The third-order valence-corrected chi connectivity index (χ3v) is 4.18. The average Bonchev–Trinajstić information content (AvgIpc) is 2.47. The van der Waals surface area contributed by atoms with Gasteiger partial charge in [-0.1, -0.05) is 25.3 Å². The van der Waals surface area contributed by atoms with Gasteiger partial charge in [0, 0.05) is 23.6 Å². The molecular formula is C15H23NO2. The van der Waals surface area contributed by atoms with E-state index >= 15 is 0 Å². The highest BCUT2D eigenvalue weighted by Gasteiger charge is 2.34. The second-order valence-electron chi connectivity index (χ2n) is 5.11. The maximum atomic E-state index is 6.08. The summed E-state index contributed by atoms with van der Waals surface area (Å²) in [5.41, 5.74) is 7.41. The topological polar surface area (TPSA) is 44.5 Å². The molecule has 0 amide bonds. The molecule has 1 fully saturated rings. The summed E-state index contributed by atoms with van der Waals surface area (Å²) in [6, 6.07) is 6.08. The van der Waals surface area contributed by atoms with E-state index in [1.54, 1.807) is 14.2 Å². The molecule has 1 aliphatic rings. The zero-order chi connectivity index (χ0) is 13.0. The van der Waals surface area contributed by atoms with Gasteiger partial charge in [-0.3, -0.25) is 0 Å². The van der Waals surface area contributed by atoms with E-state index in [1.807, 2.05) is 12.1 Å². The fraction of sp³-hybridized carbons (Fsp3) is 0.600. The molecule has 100 valence electrons. The molecule has 0 radical (unpaired) electrons. The smallest absolute Gasteiger partial charge is 0.126 e. The molecule has 0 heterocycles. The van der Waals surface area contributed by atoms with Gasteiger partial charge in [0.25, 0.3) is 0 Å². The van der Waals surface area contributed by atoms with Crippen LogP contribution in [0.15, 0.2) is 18.2 Å². The lowest BCUT2D eigenvalue weighted by molar-refractivity contribution is 0.287. The molecule has 0 saturated heterocycles. The monoisotopic (exact) mass is 249 g/mol. The van der Waals surface area contributed by atoms with Crippen LogP contribution in [0.2, 0.25) is 0 Å². The quantitative estimate of drug-likeness (QED) is 0.892. The van der Waals surface area contributed by atoms with Crippen LogP contribution in [0.25, 0.3) is 0 Å². The third-order valence-electron chi connectivity index (χ3n) is 4.18. The minimum Gasteiger partial charge on any atom is -0.497 e. The molecule has 1 aliphatic carbocycles. The second-order valence-corrected chi connectivity index (χ2v) is 5.11. The van der Waals surface area contributed by atoms with Gasteiger partial charge in [-0.25, -0.2) is 0 Å². The minimum absolute atomic E-state index is 0.0931. The van der Waals surface area contributed by atoms with Crippen molar-refractivity contribution in [3.63, 3.8) is 0 Å². The summed E-state index contributed by atoms with van der Waals surface area (Å²) in [5, 5.41) is 0. The first-order chi connectivity index (χ1) is 8.75. The minimum atomic E-state index is 0.0931. The van der Waals surface area contributed by atoms with Crippen molar-refractivity contribution in [2.45, 2.75) is 37.5 Å². The number of hydrogen-bond acceptors (Lipinski definition) is 3. The van der Waals surface area contributed by atoms with E-state index in [0.717, 1.165) is 24.3 Å². The zero-order valence-corrected chi connectivity index (χ0v) is 11.4. The van der Waals surface area contributed by atoms with Crippen molar-refractivity contribution in [1.82, 2.24) is 0 Å². The zero-order valence-electron chi connectivity index (χ0n) is 11.4.